The normalized spacial score (nSPS) is 20.2. The molecule has 1 aromatic carbocycles. The smallest absolute Gasteiger partial charge is 0.197 e. The Bertz CT molecular complexity index is 816. The molecular weight excluding hydrogens is 372 g/mol. The standard InChI is InChI=1S/C18H15BrN2O3/c1-23-13-5-3-12(4-6-13)21-9-14-11(8-20)7-16(24-2)18(22)17(14)15(19)10-21/h3-7,9,16H,10H2,1-2H3. The highest BCUT2D eigenvalue weighted by atomic mass is 79.9. The lowest BCUT2D eigenvalue weighted by Crippen LogP contribution is -2.34. The Balaban J connectivity index is 2.04. The van der Waals surface area contributed by atoms with Crippen LogP contribution in [0.1, 0.15) is 0 Å². The molecule has 5 nitrogen and oxygen atoms in total. The zero-order valence-electron chi connectivity index (χ0n) is 13.2. The monoisotopic (exact) mass is 386 g/mol. The van der Waals surface area contributed by atoms with E-state index in [4.69, 9.17) is 9.47 Å². The molecule has 0 aromatic heterocycles. The van der Waals surface area contributed by atoms with Crippen LogP contribution in [0, 0.1) is 11.3 Å². The Morgan fingerprint density at radius 1 is 1.29 bits per heavy atom. The number of hydrogen-bond donors (Lipinski definition) is 0. The summed E-state index contributed by atoms with van der Waals surface area (Å²) in [5.41, 5.74) is 2.51. The molecule has 6 heteroatoms. The van der Waals surface area contributed by atoms with Crippen molar-refractivity contribution in [3.8, 4) is 11.8 Å². The quantitative estimate of drug-likeness (QED) is 0.798. The van der Waals surface area contributed by atoms with Crippen LogP contribution in [-0.4, -0.2) is 32.7 Å². The minimum Gasteiger partial charge on any atom is -0.497 e. The van der Waals surface area contributed by atoms with Crippen molar-refractivity contribution in [3.63, 3.8) is 0 Å². The molecule has 24 heavy (non-hydrogen) atoms. The average Bonchev–Trinajstić information content (AvgIpc) is 2.61. The summed E-state index contributed by atoms with van der Waals surface area (Å²) < 4.78 is 11.1. The van der Waals surface area contributed by atoms with Crippen LogP contribution < -0.4 is 9.64 Å². The number of rotatable bonds is 3. The number of halogens is 1. The Labute approximate surface area is 148 Å². The molecule has 122 valence electrons. The number of methoxy groups -OCH3 is 2. The zero-order valence-corrected chi connectivity index (χ0v) is 14.8. The molecule has 0 N–H and O–H groups in total. The van der Waals surface area contributed by atoms with E-state index in [1.807, 2.05) is 35.4 Å². The van der Waals surface area contributed by atoms with Crippen LogP contribution in [0.25, 0.3) is 0 Å². The first-order valence-electron chi connectivity index (χ1n) is 7.30. The summed E-state index contributed by atoms with van der Waals surface area (Å²) in [6, 6.07) is 9.76. The lowest BCUT2D eigenvalue weighted by molar-refractivity contribution is -0.122. The molecule has 1 aromatic rings. The number of fused-ring (bicyclic) bond motifs is 1. The fourth-order valence-corrected chi connectivity index (χ4v) is 3.46. The molecule has 0 saturated heterocycles. The Morgan fingerprint density at radius 3 is 2.58 bits per heavy atom. The van der Waals surface area contributed by atoms with Crippen molar-refractivity contribution in [3.05, 3.63) is 57.7 Å². The summed E-state index contributed by atoms with van der Waals surface area (Å²) in [4.78, 5) is 14.5. The third-order valence-electron chi connectivity index (χ3n) is 4.03. The van der Waals surface area contributed by atoms with Gasteiger partial charge in [0.25, 0.3) is 0 Å². The van der Waals surface area contributed by atoms with E-state index in [2.05, 4.69) is 22.0 Å². The molecular formula is C18H15BrN2O3. The predicted octanol–water partition coefficient (Wildman–Crippen LogP) is 3.10. The van der Waals surface area contributed by atoms with Crippen LogP contribution in [0.3, 0.4) is 0 Å². The van der Waals surface area contributed by atoms with Crippen LogP contribution in [0.2, 0.25) is 0 Å². The van der Waals surface area contributed by atoms with Crippen LogP contribution in [0.4, 0.5) is 5.69 Å². The molecule has 2 aliphatic rings. The number of benzene rings is 1. The van der Waals surface area contributed by atoms with Gasteiger partial charge >= 0.3 is 0 Å². The maximum atomic E-state index is 12.5. The third kappa shape index (κ3) is 2.77. The molecule has 1 aliphatic carbocycles. The van der Waals surface area contributed by atoms with Gasteiger partial charge in [-0.05, 0) is 30.3 Å². The Kier molecular flexibility index (Phi) is 4.56. The first kappa shape index (κ1) is 16.5. The second kappa shape index (κ2) is 6.63. The number of ketones is 1. The molecule has 1 aliphatic heterocycles. The molecule has 0 bridgehead atoms. The van der Waals surface area contributed by atoms with Crippen molar-refractivity contribution in [2.75, 3.05) is 25.7 Å². The van der Waals surface area contributed by atoms with Gasteiger partial charge in [-0.25, -0.2) is 0 Å². The van der Waals surface area contributed by atoms with E-state index in [9.17, 15) is 10.1 Å². The Hall–Kier alpha value is -2.36. The maximum Gasteiger partial charge on any atom is 0.197 e. The molecule has 3 rings (SSSR count). The fourth-order valence-electron chi connectivity index (χ4n) is 2.78. The summed E-state index contributed by atoms with van der Waals surface area (Å²) in [6.45, 7) is 0.506. The maximum absolute atomic E-state index is 12.5. The number of hydrogen-bond acceptors (Lipinski definition) is 5. The van der Waals surface area contributed by atoms with Crippen LogP contribution in [0.5, 0.6) is 5.75 Å². The lowest BCUT2D eigenvalue weighted by Gasteiger charge is -2.31. The summed E-state index contributed by atoms with van der Waals surface area (Å²) in [7, 11) is 3.08. The topological polar surface area (TPSA) is 62.6 Å². The van der Waals surface area contributed by atoms with Crippen molar-refractivity contribution in [1.82, 2.24) is 0 Å². The van der Waals surface area contributed by atoms with Crippen LogP contribution in [0.15, 0.2) is 57.7 Å². The first-order valence-corrected chi connectivity index (χ1v) is 8.09. The van der Waals surface area contributed by atoms with Gasteiger partial charge in [-0.1, -0.05) is 15.9 Å². The van der Waals surface area contributed by atoms with Gasteiger partial charge in [-0.2, -0.15) is 5.26 Å². The highest BCUT2D eigenvalue weighted by Gasteiger charge is 2.35. The molecule has 1 heterocycles. The number of carbonyl (C=O) groups is 1. The van der Waals surface area contributed by atoms with E-state index in [1.165, 1.54) is 7.11 Å². The van der Waals surface area contributed by atoms with Gasteiger partial charge in [0.15, 0.2) is 5.78 Å². The van der Waals surface area contributed by atoms with E-state index in [0.29, 0.717) is 23.3 Å². The molecule has 0 amide bonds. The van der Waals surface area contributed by atoms with E-state index in [0.717, 1.165) is 15.9 Å². The van der Waals surface area contributed by atoms with Gasteiger partial charge < -0.3 is 14.4 Å². The summed E-state index contributed by atoms with van der Waals surface area (Å²) >= 11 is 3.51. The van der Waals surface area contributed by atoms with Crippen molar-refractivity contribution in [1.29, 1.82) is 5.26 Å². The van der Waals surface area contributed by atoms with E-state index in [-0.39, 0.29) is 5.78 Å². The molecule has 0 spiro atoms. The highest BCUT2D eigenvalue weighted by Crippen LogP contribution is 2.37. The van der Waals surface area contributed by atoms with Gasteiger partial charge in [-0.3, -0.25) is 4.79 Å². The zero-order chi connectivity index (χ0) is 17.3. The van der Waals surface area contributed by atoms with E-state index >= 15 is 0 Å². The molecule has 1 unspecified atom stereocenters. The van der Waals surface area contributed by atoms with Crippen molar-refractivity contribution < 1.29 is 14.3 Å². The van der Waals surface area contributed by atoms with Gasteiger partial charge in [-0.15, -0.1) is 0 Å². The minimum absolute atomic E-state index is 0.135. The number of anilines is 1. The molecule has 0 radical (unpaired) electrons. The third-order valence-corrected chi connectivity index (χ3v) is 4.67. The van der Waals surface area contributed by atoms with Crippen molar-refractivity contribution >= 4 is 27.4 Å². The van der Waals surface area contributed by atoms with Gasteiger partial charge in [0, 0.05) is 34.6 Å². The minimum atomic E-state index is -0.716. The number of nitriles is 1. The van der Waals surface area contributed by atoms with Gasteiger partial charge in [0.1, 0.15) is 11.9 Å². The largest absolute Gasteiger partial charge is 0.497 e. The van der Waals surface area contributed by atoms with Gasteiger partial charge in [0.05, 0.1) is 25.3 Å². The summed E-state index contributed by atoms with van der Waals surface area (Å²) in [5, 5.41) is 9.44. The number of nitrogens with zero attached hydrogens (tertiary/aromatic N) is 2. The molecule has 1 atom stereocenters. The number of ether oxygens (including phenoxy) is 2. The highest BCUT2D eigenvalue weighted by molar-refractivity contribution is 9.11. The number of carbonyl (C=O) groups excluding carboxylic acids is 1. The predicted molar refractivity (Wildman–Crippen MR) is 93.9 cm³/mol. The number of Topliss-reactive ketones (excluding diaryl/α,β-unsaturated/α-hetero) is 1. The van der Waals surface area contributed by atoms with Crippen LogP contribution >= 0.6 is 15.9 Å². The van der Waals surface area contributed by atoms with Crippen molar-refractivity contribution in [2.45, 2.75) is 6.10 Å². The average molecular weight is 387 g/mol. The lowest BCUT2D eigenvalue weighted by atomic mass is 9.85. The SMILES string of the molecule is COc1ccc(N2C=C3C(C#N)=CC(OC)C(=O)C3=C(Br)C2)cc1. The number of allylic oxidation sites excluding steroid dienone is 2. The van der Waals surface area contributed by atoms with Gasteiger partial charge in [0.2, 0.25) is 0 Å². The van der Waals surface area contributed by atoms with Crippen molar-refractivity contribution in [2.24, 2.45) is 0 Å². The first-order chi connectivity index (χ1) is 11.6. The summed E-state index contributed by atoms with van der Waals surface area (Å²) in [6.07, 6.45) is 2.68. The summed E-state index contributed by atoms with van der Waals surface area (Å²) in [5.74, 6) is 0.635. The molecule has 0 saturated carbocycles. The van der Waals surface area contributed by atoms with Crippen LogP contribution in [-0.2, 0) is 9.53 Å². The molecule has 0 fully saturated rings. The van der Waals surface area contributed by atoms with E-state index in [1.54, 1.807) is 13.2 Å². The fraction of sp³-hybridized carbons (Fsp3) is 0.222. The Morgan fingerprint density at radius 2 is 2.00 bits per heavy atom. The van der Waals surface area contributed by atoms with E-state index < -0.39 is 6.10 Å². The second-order valence-corrected chi connectivity index (χ2v) is 6.32. The second-order valence-electron chi connectivity index (χ2n) is 5.36.